The van der Waals surface area contributed by atoms with Gasteiger partial charge in [-0.1, -0.05) is 55.8 Å². The highest BCUT2D eigenvalue weighted by atomic mass is 16.4. The van der Waals surface area contributed by atoms with Gasteiger partial charge in [0.15, 0.2) is 0 Å². The summed E-state index contributed by atoms with van der Waals surface area (Å²) in [6.07, 6.45) is 1.92. The summed E-state index contributed by atoms with van der Waals surface area (Å²) in [6, 6.07) is 16.0. The van der Waals surface area contributed by atoms with Gasteiger partial charge in [-0.2, -0.15) is 0 Å². The molecule has 0 aromatic heterocycles. The van der Waals surface area contributed by atoms with Gasteiger partial charge in [0, 0.05) is 12.0 Å². The van der Waals surface area contributed by atoms with Crippen LogP contribution >= 0.6 is 0 Å². The number of carbonyl (C=O) groups is 3. The Labute approximate surface area is 165 Å². The average Bonchev–Trinajstić information content (AvgIpc) is 2.71. The molecule has 2 amide bonds. The largest absolute Gasteiger partial charge is 0.480 e. The number of nitrogens with one attached hydrogen (secondary N) is 2. The summed E-state index contributed by atoms with van der Waals surface area (Å²) >= 11 is 0. The molecule has 2 rings (SSSR count). The van der Waals surface area contributed by atoms with Gasteiger partial charge >= 0.3 is 5.97 Å². The van der Waals surface area contributed by atoms with Gasteiger partial charge in [-0.3, -0.25) is 19.7 Å². The predicted octanol–water partition coefficient (Wildman–Crippen LogP) is 3.23. The first-order valence-corrected chi connectivity index (χ1v) is 9.47. The number of rotatable bonds is 10. The molecule has 3 N–H and O–H groups in total. The lowest BCUT2D eigenvalue weighted by Gasteiger charge is -2.13. The minimum absolute atomic E-state index is 0.0378. The summed E-state index contributed by atoms with van der Waals surface area (Å²) in [5.74, 6) is -1.97. The third-order valence-corrected chi connectivity index (χ3v) is 4.39. The number of hydrogen-bond donors (Lipinski definition) is 3. The number of amides is 2. The van der Waals surface area contributed by atoms with E-state index in [-0.39, 0.29) is 12.8 Å². The van der Waals surface area contributed by atoms with E-state index in [4.69, 9.17) is 0 Å². The van der Waals surface area contributed by atoms with Gasteiger partial charge in [-0.15, -0.1) is 0 Å². The van der Waals surface area contributed by atoms with Crippen molar-refractivity contribution < 1.29 is 19.5 Å². The van der Waals surface area contributed by atoms with Crippen LogP contribution < -0.4 is 10.6 Å². The maximum atomic E-state index is 12.2. The van der Waals surface area contributed by atoms with Gasteiger partial charge < -0.3 is 10.4 Å². The maximum Gasteiger partial charge on any atom is 0.320 e. The number of unbranched alkanes of at least 4 members (excludes halogenated alkanes) is 1. The van der Waals surface area contributed by atoms with Crippen LogP contribution in [0.5, 0.6) is 0 Å². The molecule has 0 unspecified atom stereocenters. The van der Waals surface area contributed by atoms with Crippen molar-refractivity contribution in [3.63, 3.8) is 0 Å². The van der Waals surface area contributed by atoms with E-state index in [1.165, 1.54) is 0 Å². The van der Waals surface area contributed by atoms with E-state index in [9.17, 15) is 19.5 Å². The standard InChI is InChI=1S/C22H26N2O4/c1-2-3-15-23-19(22(27)28)13-14-20(25)24-21(26)18-11-9-17(10-12-18)16-7-5-4-6-8-16/h4-12,19,23H,2-3,13-15H2,1H3,(H,27,28)(H,24,25,26)/t19-/m0/s1. The van der Waals surface area contributed by atoms with Crippen LogP contribution in [0.2, 0.25) is 0 Å². The Hall–Kier alpha value is -2.99. The molecular weight excluding hydrogens is 356 g/mol. The number of hydrogen-bond acceptors (Lipinski definition) is 4. The van der Waals surface area contributed by atoms with Crippen molar-refractivity contribution >= 4 is 17.8 Å². The van der Waals surface area contributed by atoms with Crippen LogP contribution in [0.15, 0.2) is 54.6 Å². The molecule has 0 aliphatic carbocycles. The van der Waals surface area contributed by atoms with Crippen molar-refractivity contribution in [1.82, 2.24) is 10.6 Å². The first-order valence-electron chi connectivity index (χ1n) is 9.47. The molecule has 0 aliphatic heterocycles. The number of carboxylic acid groups (broad SMARTS) is 1. The third kappa shape index (κ3) is 6.63. The summed E-state index contributed by atoms with van der Waals surface area (Å²) in [5, 5.41) is 14.4. The second-order valence-corrected chi connectivity index (χ2v) is 6.56. The SMILES string of the molecule is CCCCN[C@@H](CCC(=O)NC(=O)c1ccc(-c2ccccc2)cc1)C(=O)O. The second-order valence-electron chi connectivity index (χ2n) is 6.56. The molecular formula is C22H26N2O4. The van der Waals surface area contributed by atoms with E-state index in [0.29, 0.717) is 12.1 Å². The predicted molar refractivity (Wildman–Crippen MR) is 108 cm³/mol. The van der Waals surface area contributed by atoms with Crippen LogP contribution in [0.3, 0.4) is 0 Å². The van der Waals surface area contributed by atoms with Gasteiger partial charge in [0.25, 0.3) is 5.91 Å². The van der Waals surface area contributed by atoms with E-state index < -0.39 is 23.8 Å². The van der Waals surface area contributed by atoms with Gasteiger partial charge in [-0.25, -0.2) is 0 Å². The molecule has 28 heavy (non-hydrogen) atoms. The van der Waals surface area contributed by atoms with Crippen molar-refractivity contribution in [2.45, 2.75) is 38.6 Å². The monoisotopic (exact) mass is 382 g/mol. The summed E-state index contributed by atoms with van der Waals surface area (Å²) in [6.45, 7) is 2.60. The van der Waals surface area contributed by atoms with E-state index in [1.807, 2.05) is 49.4 Å². The average molecular weight is 382 g/mol. The van der Waals surface area contributed by atoms with Crippen molar-refractivity contribution in [1.29, 1.82) is 0 Å². The smallest absolute Gasteiger partial charge is 0.320 e. The van der Waals surface area contributed by atoms with Gasteiger partial charge in [0.1, 0.15) is 6.04 Å². The Balaban J connectivity index is 1.86. The minimum Gasteiger partial charge on any atom is -0.480 e. The summed E-state index contributed by atoms with van der Waals surface area (Å²) < 4.78 is 0. The molecule has 2 aromatic rings. The Morgan fingerprint density at radius 3 is 2.21 bits per heavy atom. The zero-order valence-corrected chi connectivity index (χ0v) is 16.0. The van der Waals surface area contributed by atoms with Crippen LogP contribution in [-0.2, 0) is 9.59 Å². The molecule has 148 valence electrons. The van der Waals surface area contributed by atoms with E-state index in [0.717, 1.165) is 24.0 Å². The highest BCUT2D eigenvalue weighted by Crippen LogP contribution is 2.19. The van der Waals surface area contributed by atoms with Crippen molar-refractivity contribution in [2.24, 2.45) is 0 Å². The molecule has 6 nitrogen and oxygen atoms in total. The molecule has 0 fully saturated rings. The molecule has 0 heterocycles. The van der Waals surface area contributed by atoms with Crippen LogP contribution in [0.4, 0.5) is 0 Å². The molecule has 0 aliphatic rings. The lowest BCUT2D eigenvalue weighted by molar-refractivity contribution is -0.139. The fourth-order valence-electron chi connectivity index (χ4n) is 2.75. The molecule has 6 heteroatoms. The number of carbonyl (C=O) groups excluding carboxylic acids is 2. The lowest BCUT2D eigenvalue weighted by atomic mass is 10.0. The quantitative estimate of drug-likeness (QED) is 0.548. The van der Waals surface area contributed by atoms with Crippen molar-refractivity contribution in [3.8, 4) is 11.1 Å². The van der Waals surface area contributed by atoms with Crippen LogP contribution in [-0.4, -0.2) is 35.5 Å². The fraction of sp³-hybridized carbons (Fsp3) is 0.318. The van der Waals surface area contributed by atoms with E-state index in [1.54, 1.807) is 12.1 Å². The van der Waals surface area contributed by atoms with Gasteiger partial charge in [0.05, 0.1) is 0 Å². The molecule has 0 saturated heterocycles. The molecule has 0 saturated carbocycles. The summed E-state index contributed by atoms with van der Waals surface area (Å²) in [7, 11) is 0. The Bertz CT molecular complexity index is 788. The van der Waals surface area contributed by atoms with Crippen molar-refractivity contribution in [3.05, 3.63) is 60.2 Å². The second kappa shape index (κ2) is 11.0. The lowest BCUT2D eigenvalue weighted by Crippen LogP contribution is -2.39. The molecule has 0 spiro atoms. The van der Waals surface area contributed by atoms with Gasteiger partial charge in [-0.05, 0) is 42.6 Å². The molecule has 0 radical (unpaired) electrons. The number of imide groups is 1. The Morgan fingerprint density at radius 2 is 1.61 bits per heavy atom. The number of aliphatic carboxylic acids is 1. The fourth-order valence-corrected chi connectivity index (χ4v) is 2.75. The summed E-state index contributed by atoms with van der Waals surface area (Å²) in [5.41, 5.74) is 2.40. The highest BCUT2D eigenvalue weighted by molar-refractivity contribution is 6.04. The maximum absolute atomic E-state index is 12.2. The number of carboxylic acids is 1. The minimum atomic E-state index is -0.994. The normalized spacial score (nSPS) is 11.6. The molecule has 2 aromatic carbocycles. The van der Waals surface area contributed by atoms with Crippen LogP contribution in [0.25, 0.3) is 11.1 Å². The molecule has 1 atom stereocenters. The Kier molecular flexibility index (Phi) is 8.37. The highest BCUT2D eigenvalue weighted by Gasteiger charge is 2.19. The van der Waals surface area contributed by atoms with E-state index >= 15 is 0 Å². The zero-order valence-electron chi connectivity index (χ0n) is 16.0. The summed E-state index contributed by atoms with van der Waals surface area (Å²) in [4.78, 5) is 35.5. The van der Waals surface area contributed by atoms with Gasteiger partial charge in [0.2, 0.25) is 5.91 Å². The molecule has 0 bridgehead atoms. The van der Waals surface area contributed by atoms with Crippen LogP contribution in [0, 0.1) is 0 Å². The first kappa shape index (κ1) is 21.3. The number of benzene rings is 2. The Morgan fingerprint density at radius 1 is 0.964 bits per heavy atom. The van der Waals surface area contributed by atoms with E-state index in [2.05, 4.69) is 10.6 Å². The topological polar surface area (TPSA) is 95.5 Å². The zero-order chi connectivity index (χ0) is 20.4. The van der Waals surface area contributed by atoms with Crippen molar-refractivity contribution in [2.75, 3.05) is 6.54 Å². The van der Waals surface area contributed by atoms with Crippen LogP contribution in [0.1, 0.15) is 43.0 Å². The first-order chi connectivity index (χ1) is 13.5. The third-order valence-electron chi connectivity index (χ3n) is 4.39.